The second kappa shape index (κ2) is 5.14. The zero-order valence-electron chi connectivity index (χ0n) is 11.1. The number of hydrogen-bond donors (Lipinski definition) is 2. The van der Waals surface area contributed by atoms with Gasteiger partial charge in [-0.15, -0.1) is 0 Å². The van der Waals surface area contributed by atoms with E-state index in [1.165, 1.54) is 0 Å². The molecular formula is C16H17NO2. The topological polar surface area (TPSA) is 49.3 Å². The Morgan fingerprint density at radius 1 is 1.00 bits per heavy atom. The summed E-state index contributed by atoms with van der Waals surface area (Å²) >= 11 is 0. The van der Waals surface area contributed by atoms with Gasteiger partial charge in [0.2, 0.25) is 0 Å². The van der Waals surface area contributed by atoms with Gasteiger partial charge in [0, 0.05) is 11.4 Å². The lowest BCUT2D eigenvalue weighted by Gasteiger charge is -2.23. The monoisotopic (exact) mass is 255 g/mol. The van der Waals surface area contributed by atoms with Crippen LogP contribution in [-0.2, 0) is 10.2 Å². The maximum absolute atomic E-state index is 11.4. The fourth-order valence-corrected chi connectivity index (χ4v) is 1.93. The van der Waals surface area contributed by atoms with Gasteiger partial charge in [0.1, 0.15) is 0 Å². The van der Waals surface area contributed by atoms with E-state index >= 15 is 0 Å². The van der Waals surface area contributed by atoms with Crippen molar-refractivity contribution in [2.45, 2.75) is 19.3 Å². The second-order valence-electron chi connectivity index (χ2n) is 4.97. The summed E-state index contributed by atoms with van der Waals surface area (Å²) < 4.78 is 0. The highest BCUT2D eigenvalue weighted by Crippen LogP contribution is 2.31. The standard InChI is InChI=1S/C16H17NO2/c1-16(2,15(18)19)13-10-6-7-11-14(13)17-12-8-4-3-5-9-12/h3-11,17H,1-2H3,(H,18,19). The molecule has 2 N–H and O–H groups in total. The fourth-order valence-electron chi connectivity index (χ4n) is 1.93. The summed E-state index contributed by atoms with van der Waals surface area (Å²) in [5, 5.41) is 12.6. The molecule has 0 saturated carbocycles. The van der Waals surface area contributed by atoms with Crippen molar-refractivity contribution in [1.29, 1.82) is 0 Å². The first-order valence-corrected chi connectivity index (χ1v) is 6.17. The third-order valence-corrected chi connectivity index (χ3v) is 3.19. The highest BCUT2D eigenvalue weighted by molar-refractivity contribution is 5.83. The predicted molar refractivity (Wildman–Crippen MR) is 76.8 cm³/mol. The van der Waals surface area contributed by atoms with Crippen LogP contribution in [0.3, 0.4) is 0 Å². The Balaban J connectivity index is 2.40. The molecular weight excluding hydrogens is 238 g/mol. The molecule has 0 bridgehead atoms. The molecule has 0 amide bonds. The van der Waals surface area contributed by atoms with Crippen LogP contribution in [-0.4, -0.2) is 11.1 Å². The van der Waals surface area contributed by atoms with Gasteiger partial charge in [0.15, 0.2) is 0 Å². The summed E-state index contributed by atoms with van der Waals surface area (Å²) in [7, 11) is 0. The highest BCUT2D eigenvalue weighted by atomic mass is 16.4. The van der Waals surface area contributed by atoms with Crippen molar-refractivity contribution < 1.29 is 9.90 Å². The SMILES string of the molecule is CC(C)(C(=O)O)c1ccccc1Nc1ccccc1. The van der Waals surface area contributed by atoms with Crippen molar-refractivity contribution in [3.63, 3.8) is 0 Å². The first-order chi connectivity index (χ1) is 9.01. The third kappa shape index (κ3) is 2.76. The summed E-state index contributed by atoms with van der Waals surface area (Å²) in [5.41, 5.74) is 1.60. The van der Waals surface area contributed by atoms with Crippen LogP contribution in [0.15, 0.2) is 54.6 Å². The molecule has 3 heteroatoms. The van der Waals surface area contributed by atoms with E-state index in [4.69, 9.17) is 0 Å². The molecule has 2 aromatic carbocycles. The van der Waals surface area contributed by atoms with Gasteiger partial charge in [-0.1, -0.05) is 36.4 Å². The minimum absolute atomic E-state index is 0.770. The van der Waals surface area contributed by atoms with Crippen LogP contribution in [0, 0.1) is 0 Å². The van der Waals surface area contributed by atoms with Crippen molar-refractivity contribution >= 4 is 17.3 Å². The smallest absolute Gasteiger partial charge is 0.313 e. The van der Waals surface area contributed by atoms with Crippen molar-refractivity contribution in [3.8, 4) is 0 Å². The van der Waals surface area contributed by atoms with E-state index in [9.17, 15) is 9.90 Å². The molecule has 0 saturated heterocycles. The molecule has 0 aromatic heterocycles. The zero-order chi connectivity index (χ0) is 13.9. The number of hydrogen-bond acceptors (Lipinski definition) is 2. The largest absolute Gasteiger partial charge is 0.481 e. The Morgan fingerprint density at radius 3 is 2.21 bits per heavy atom. The molecule has 0 unspecified atom stereocenters. The lowest BCUT2D eigenvalue weighted by atomic mass is 9.83. The summed E-state index contributed by atoms with van der Waals surface area (Å²) in [6.45, 7) is 3.42. The second-order valence-corrected chi connectivity index (χ2v) is 4.97. The molecule has 2 rings (SSSR count). The van der Waals surface area contributed by atoms with Gasteiger partial charge >= 0.3 is 5.97 Å². The van der Waals surface area contributed by atoms with Gasteiger partial charge in [-0.05, 0) is 37.6 Å². The molecule has 19 heavy (non-hydrogen) atoms. The van der Waals surface area contributed by atoms with Gasteiger partial charge in [-0.25, -0.2) is 0 Å². The number of aliphatic carboxylic acids is 1. The van der Waals surface area contributed by atoms with E-state index in [1.807, 2.05) is 54.6 Å². The molecule has 2 aromatic rings. The average Bonchev–Trinajstić information content (AvgIpc) is 2.40. The number of carbonyl (C=O) groups is 1. The van der Waals surface area contributed by atoms with Crippen LogP contribution in [0.4, 0.5) is 11.4 Å². The Labute approximate surface area is 112 Å². The lowest BCUT2D eigenvalue weighted by Crippen LogP contribution is -2.29. The summed E-state index contributed by atoms with van der Waals surface area (Å²) in [6.07, 6.45) is 0. The maximum atomic E-state index is 11.4. The Kier molecular flexibility index (Phi) is 3.56. The Bertz CT molecular complexity index is 576. The Morgan fingerprint density at radius 2 is 1.58 bits per heavy atom. The van der Waals surface area contributed by atoms with Gasteiger partial charge in [0.05, 0.1) is 5.41 Å². The maximum Gasteiger partial charge on any atom is 0.313 e. The van der Waals surface area contributed by atoms with E-state index in [0.717, 1.165) is 16.9 Å². The van der Waals surface area contributed by atoms with Gasteiger partial charge in [0.25, 0.3) is 0 Å². The van der Waals surface area contributed by atoms with Crippen LogP contribution in [0.25, 0.3) is 0 Å². The molecule has 3 nitrogen and oxygen atoms in total. The molecule has 0 heterocycles. The number of carboxylic acids is 1. The quantitative estimate of drug-likeness (QED) is 0.873. The van der Waals surface area contributed by atoms with E-state index in [0.29, 0.717) is 0 Å². The predicted octanol–water partition coefficient (Wildman–Crippen LogP) is 3.79. The summed E-state index contributed by atoms with van der Waals surface area (Å²) in [4.78, 5) is 11.4. The van der Waals surface area contributed by atoms with Crippen LogP contribution < -0.4 is 5.32 Å². The number of carboxylic acid groups (broad SMARTS) is 1. The van der Waals surface area contributed by atoms with Crippen LogP contribution in [0.5, 0.6) is 0 Å². The lowest BCUT2D eigenvalue weighted by molar-refractivity contribution is -0.142. The van der Waals surface area contributed by atoms with E-state index in [-0.39, 0.29) is 0 Å². The molecule has 0 fully saturated rings. The zero-order valence-corrected chi connectivity index (χ0v) is 11.1. The average molecular weight is 255 g/mol. The van der Waals surface area contributed by atoms with E-state index in [1.54, 1.807) is 13.8 Å². The third-order valence-electron chi connectivity index (χ3n) is 3.19. The first kappa shape index (κ1) is 13.1. The number of benzene rings is 2. The summed E-state index contributed by atoms with van der Waals surface area (Å²) in [6, 6.07) is 17.2. The first-order valence-electron chi connectivity index (χ1n) is 6.17. The van der Waals surface area contributed by atoms with Crippen molar-refractivity contribution in [2.75, 3.05) is 5.32 Å². The highest BCUT2D eigenvalue weighted by Gasteiger charge is 2.31. The van der Waals surface area contributed by atoms with Gasteiger partial charge in [-0.3, -0.25) is 4.79 Å². The molecule has 98 valence electrons. The molecule has 0 aliphatic heterocycles. The minimum Gasteiger partial charge on any atom is -0.481 e. The number of anilines is 2. The number of nitrogens with one attached hydrogen (secondary N) is 1. The van der Waals surface area contributed by atoms with Crippen LogP contribution >= 0.6 is 0 Å². The van der Waals surface area contributed by atoms with Crippen molar-refractivity contribution in [3.05, 3.63) is 60.2 Å². The van der Waals surface area contributed by atoms with E-state index < -0.39 is 11.4 Å². The van der Waals surface area contributed by atoms with Crippen molar-refractivity contribution in [1.82, 2.24) is 0 Å². The molecule has 0 atom stereocenters. The van der Waals surface area contributed by atoms with Crippen LogP contribution in [0.1, 0.15) is 19.4 Å². The minimum atomic E-state index is -0.932. The van der Waals surface area contributed by atoms with Gasteiger partial charge < -0.3 is 10.4 Å². The normalized spacial score (nSPS) is 11.1. The molecule has 0 aliphatic carbocycles. The van der Waals surface area contributed by atoms with Crippen LogP contribution in [0.2, 0.25) is 0 Å². The summed E-state index contributed by atoms with van der Waals surface area (Å²) in [5.74, 6) is -0.838. The molecule has 0 radical (unpaired) electrons. The molecule has 0 spiro atoms. The van der Waals surface area contributed by atoms with E-state index in [2.05, 4.69) is 5.32 Å². The van der Waals surface area contributed by atoms with Gasteiger partial charge in [-0.2, -0.15) is 0 Å². The number of rotatable bonds is 4. The van der Waals surface area contributed by atoms with Crippen molar-refractivity contribution in [2.24, 2.45) is 0 Å². The Hall–Kier alpha value is -2.29. The molecule has 0 aliphatic rings. The number of para-hydroxylation sites is 2. The fraction of sp³-hybridized carbons (Fsp3) is 0.188.